The molecule has 1 aromatic heterocycles. The van der Waals surface area contributed by atoms with Gasteiger partial charge in [-0.1, -0.05) is 55.7 Å². The fraction of sp³-hybridized carbons (Fsp3) is 0.458. The van der Waals surface area contributed by atoms with E-state index in [0.717, 1.165) is 25.9 Å². The molecule has 140 valence electrons. The summed E-state index contributed by atoms with van der Waals surface area (Å²) >= 11 is 0. The molecule has 0 unspecified atom stereocenters. The lowest BCUT2D eigenvalue weighted by Gasteiger charge is -2.26. The van der Waals surface area contributed by atoms with E-state index >= 15 is 0 Å². The highest BCUT2D eigenvalue weighted by Crippen LogP contribution is 2.35. The average molecular weight is 360 g/mol. The summed E-state index contributed by atoms with van der Waals surface area (Å²) in [5.74, 6) is 1.26. The predicted molar refractivity (Wildman–Crippen MR) is 111 cm³/mol. The third kappa shape index (κ3) is 3.29. The van der Waals surface area contributed by atoms with Gasteiger partial charge in [-0.05, 0) is 55.0 Å². The lowest BCUT2D eigenvalue weighted by Crippen LogP contribution is -2.16. The molecule has 1 fully saturated rings. The third-order valence-electron chi connectivity index (χ3n) is 6.38. The van der Waals surface area contributed by atoms with E-state index in [1.165, 1.54) is 72.1 Å². The van der Waals surface area contributed by atoms with E-state index in [2.05, 4.69) is 52.3 Å². The quantitative estimate of drug-likeness (QED) is 0.699. The van der Waals surface area contributed by atoms with Crippen LogP contribution in [0.5, 0.6) is 0 Å². The van der Waals surface area contributed by atoms with E-state index in [1.54, 1.807) is 0 Å². The number of nitrogens with zero attached hydrogens (tertiary/aromatic N) is 2. The number of rotatable bonds is 3. The zero-order chi connectivity index (χ0) is 18.1. The van der Waals surface area contributed by atoms with Gasteiger partial charge in [-0.15, -0.1) is 0 Å². The van der Waals surface area contributed by atoms with Crippen molar-refractivity contribution in [3.05, 3.63) is 65.0 Å². The Hall–Kier alpha value is -2.13. The summed E-state index contributed by atoms with van der Waals surface area (Å²) in [6.07, 6.45) is 9.96. The lowest BCUT2D eigenvalue weighted by molar-refractivity contribution is 0.353. The number of imidazole rings is 1. The van der Waals surface area contributed by atoms with E-state index < -0.39 is 0 Å². The highest BCUT2D eigenvalue weighted by Gasteiger charge is 2.24. The summed E-state index contributed by atoms with van der Waals surface area (Å²) in [7, 11) is 0. The van der Waals surface area contributed by atoms with Crippen molar-refractivity contribution < 1.29 is 0 Å². The number of aryl methyl sites for hydroxylation is 1. The summed E-state index contributed by atoms with van der Waals surface area (Å²) in [5, 5.41) is 3.56. The molecule has 3 heteroatoms. The van der Waals surface area contributed by atoms with Crippen LogP contribution in [0.3, 0.4) is 0 Å². The van der Waals surface area contributed by atoms with E-state index in [-0.39, 0.29) is 0 Å². The Bertz CT molecular complexity index is 920. The Labute approximate surface area is 161 Å². The van der Waals surface area contributed by atoms with Crippen LogP contribution < -0.4 is 5.32 Å². The zero-order valence-electron chi connectivity index (χ0n) is 16.1. The first-order valence-electron chi connectivity index (χ1n) is 10.7. The fourth-order valence-corrected chi connectivity index (χ4v) is 5.01. The van der Waals surface area contributed by atoms with Crippen LogP contribution in [0.1, 0.15) is 67.1 Å². The number of aromatic nitrogens is 2. The van der Waals surface area contributed by atoms with Crippen molar-refractivity contribution in [2.75, 3.05) is 6.54 Å². The SMILES string of the molecule is c1ccc(Cc2nc3c4c(ccc3n2C2CCCCC2)CNCCC4)cc1. The minimum Gasteiger partial charge on any atom is -0.325 e. The topological polar surface area (TPSA) is 29.9 Å². The van der Waals surface area contributed by atoms with Crippen molar-refractivity contribution in [3.8, 4) is 0 Å². The molecule has 2 aromatic carbocycles. The second kappa shape index (κ2) is 7.47. The molecule has 5 rings (SSSR count). The molecule has 3 nitrogen and oxygen atoms in total. The number of fused-ring (bicyclic) bond motifs is 3. The average Bonchev–Trinajstić information content (AvgIpc) is 2.91. The highest BCUT2D eigenvalue weighted by atomic mass is 15.1. The number of hydrogen-bond acceptors (Lipinski definition) is 2. The molecule has 2 aliphatic rings. The van der Waals surface area contributed by atoms with Crippen molar-refractivity contribution in [2.45, 2.75) is 64.0 Å². The van der Waals surface area contributed by atoms with Crippen LogP contribution in [0.2, 0.25) is 0 Å². The van der Waals surface area contributed by atoms with Crippen LogP contribution in [0.4, 0.5) is 0 Å². The van der Waals surface area contributed by atoms with Crippen LogP contribution in [0.15, 0.2) is 42.5 Å². The molecule has 0 amide bonds. The summed E-state index contributed by atoms with van der Waals surface area (Å²) in [5.41, 5.74) is 6.93. The summed E-state index contributed by atoms with van der Waals surface area (Å²) in [6.45, 7) is 2.09. The van der Waals surface area contributed by atoms with E-state index in [4.69, 9.17) is 4.98 Å². The van der Waals surface area contributed by atoms with E-state index in [1.807, 2.05) is 0 Å². The number of nitrogens with one attached hydrogen (secondary N) is 1. The number of hydrogen-bond donors (Lipinski definition) is 1. The molecular weight excluding hydrogens is 330 g/mol. The Balaban J connectivity index is 1.65. The van der Waals surface area contributed by atoms with Crippen LogP contribution >= 0.6 is 0 Å². The van der Waals surface area contributed by atoms with Crippen LogP contribution in [-0.2, 0) is 19.4 Å². The zero-order valence-corrected chi connectivity index (χ0v) is 16.1. The molecule has 1 N–H and O–H groups in total. The standard InChI is InChI=1S/C24H29N3/c1-3-8-18(9-4-1)16-23-26-24-21-12-7-15-25-17-19(21)13-14-22(24)27(23)20-10-5-2-6-11-20/h1,3-4,8-9,13-14,20,25H,2,5-7,10-12,15-17H2. The molecule has 0 saturated heterocycles. The molecule has 3 aromatic rings. The molecule has 1 saturated carbocycles. The van der Waals surface area contributed by atoms with Gasteiger partial charge in [0.25, 0.3) is 0 Å². The van der Waals surface area contributed by atoms with Crippen LogP contribution in [-0.4, -0.2) is 16.1 Å². The number of benzene rings is 2. The monoisotopic (exact) mass is 359 g/mol. The highest BCUT2D eigenvalue weighted by molar-refractivity contribution is 5.81. The van der Waals surface area contributed by atoms with Crippen molar-refractivity contribution in [1.29, 1.82) is 0 Å². The first kappa shape index (κ1) is 17.0. The first-order valence-corrected chi connectivity index (χ1v) is 10.7. The minimum atomic E-state index is 0.615. The Morgan fingerprint density at radius 2 is 1.81 bits per heavy atom. The summed E-state index contributed by atoms with van der Waals surface area (Å²) < 4.78 is 2.61. The van der Waals surface area contributed by atoms with Gasteiger partial charge in [0.15, 0.2) is 0 Å². The van der Waals surface area contributed by atoms with Gasteiger partial charge >= 0.3 is 0 Å². The molecule has 0 radical (unpaired) electrons. The molecule has 0 bridgehead atoms. The van der Waals surface area contributed by atoms with Crippen LogP contribution in [0.25, 0.3) is 11.0 Å². The first-order chi connectivity index (χ1) is 13.4. The van der Waals surface area contributed by atoms with Crippen LogP contribution in [0, 0.1) is 0 Å². The van der Waals surface area contributed by atoms with Gasteiger partial charge in [-0.2, -0.15) is 0 Å². The molecule has 1 aliphatic carbocycles. The molecular formula is C24H29N3. The molecule has 2 heterocycles. The Morgan fingerprint density at radius 1 is 0.963 bits per heavy atom. The normalized spacial score (nSPS) is 18.4. The molecule has 0 atom stereocenters. The van der Waals surface area contributed by atoms with Gasteiger partial charge in [-0.3, -0.25) is 0 Å². The molecule has 1 aliphatic heterocycles. The van der Waals surface area contributed by atoms with Crippen molar-refractivity contribution >= 4 is 11.0 Å². The Morgan fingerprint density at radius 3 is 2.67 bits per heavy atom. The van der Waals surface area contributed by atoms with Crippen molar-refractivity contribution in [3.63, 3.8) is 0 Å². The molecule has 0 spiro atoms. The molecule has 27 heavy (non-hydrogen) atoms. The summed E-state index contributed by atoms with van der Waals surface area (Å²) in [4.78, 5) is 5.27. The van der Waals surface area contributed by atoms with Gasteiger partial charge < -0.3 is 9.88 Å². The fourth-order valence-electron chi connectivity index (χ4n) is 5.01. The maximum absolute atomic E-state index is 5.27. The smallest absolute Gasteiger partial charge is 0.114 e. The second-order valence-electron chi connectivity index (χ2n) is 8.20. The maximum atomic E-state index is 5.27. The van der Waals surface area contributed by atoms with Gasteiger partial charge in [-0.25, -0.2) is 4.98 Å². The predicted octanol–water partition coefficient (Wildman–Crippen LogP) is 5.17. The summed E-state index contributed by atoms with van der Waals surface area (Å²) in [6, 6.07) is 16.1. The van der Waals surface area contributed by atoms with Gasteiger partial charge in [0, 0.05) is 19.0 Å². The maximum Gasteiger partial charge on any atom is 0.114 e. The van der Waals surface area contributed by atoms with Crippen molar-refractivity contribution in [1.82, 2.24) is 14.9 Å². The third-order valence-corrected chi connectivity index (χ3v) is 6.38. The minimum absolute atomic E-state index is 0.615. The van der Waals surface area contributed by atoms with E-state index in [9.17, 15) is 0 Å². The lowest BCUT2D eigenvalue weighted by atomic mass is 9.94. The van der Waals surface area contributed by atoms with E-state index in [0.29, 0.717) is 6.04 Å². The Kier molecular flexibility index (Phi) is 4.71. The van der Waals surface area contributed by atoms with Crippen molar-refractivity contribution in [2.24, 2.45) is 0 Å². The van der Waals surface area contributed by atoms with Gasteiger partial charge in [0.05, 0.1) is 11.0 Å². The van der Waals surface area contributed by atoms with Gasteiger partial charge in [0.1, 0.15) is 5.82 Å². The largest absolute Gasteiger partial charge is 0.325 e. The second-order valence-corrected chi connectivity index (χ2v) is 8.20. The van der Waals surface area contributed by atoms with Gasteiger partial charge in [0.2, 0.25) is 0 Å².